The quantitative estimate of drug-likeness (QED) is 0.718. The van der Waals surface area contributed by atoms with Crippen molar-refractivity contribution in [2.45, 2.75) is 71.3 Å². The fourth-order valence-electron chi connectivity index (χ4n) is 8.13. The highest BCUT2D eigenvalue weighted by molar-refractivity contribution is 5.89. The maximum atomic E-state index is 13.7. The van der Waals surface area contributed by atoms with Gasteiger partial charge >= 0.3 is 6.03 Å². The summed E-state index contributed by atoms with van der Waals surface area (Å²) in [5, 5.41) is 5.76. The number of carbonyl (C=O) groups excluding carboxylic acids is 2. The Bertz CT molecular complexity index is 859. The van der Waals surface area contributed by atoms with Gasteiger partial charge < -0.3 is 15.5 Å². The van der Waals surface area contributed by atoms with Gasteiger partial charge in [-0.15, -0.1) is 0 Å². The SMILES string of the molecule is CC12CC3CC(C)(C1)CC(C(=O)N1CCC(NC(=O)Nc4ccc(F)cc4)CC1)(C3)C2. The molecule has 31 heavy (non-hydrogen) atoms. The number of anilines is 1. The molecule has 0 aromatic heterocycles. The molecule has 6 rings (SSSR count). The first kappa shape index (κ1) is 20.8. The number of hydrogen-bond acceptors (Lipinski definition) is 2. The largest absolute Gasteiger partial charge is 0.342 e. The fourth-order valence-corrected chi connectivity index (χ4v) is 8.13. The molecule has 6 heteroatoms. The second-order valence-electron chi connectivity index (χ2n) is 11.6. The lowest BCUT2D eigenvalue weighted by atomic mass is 9.40. The van der Waals surface area contributed by atoms with Gasteiger partial charge in [-0.1, -0.05) is 13.8 Å². The molecule has 1 aliphatic heterocycles. The van der Waals surface area contributed by atoms with Gasteiger partial charge in [0.15, 0.2) is 0 Å². The summed E-state index contributed by atoms with van der Waals surface area (Å²) < 4.78 is 13.0. The lowest BCUT2D eigenvalue weighted by molar-refractivity contribution is -0.180. The van der Waals surface area contributed by atoms with Crippen LogP contribution >= 0.6 is 0 Å². The zero-order valence-electron chi connectivity index (χ0n) is 18.7. The Hall–Kier alpha value is -2.11. The minimum Gasteiger partial charge on any atom is -0.342 e. The van der Waals surface area contributed by atoms with Gasteiger partial charge in [-0.2, -0.15) is 0 Å². The third-order valence-electron chi connectivity index (χ3n) is 8.30. The molecule has 4 bridgehead atoms. The molecule has 2 atom stereocenters. The fraction of sp³-hybridized carbons (Fsp3) is 0.680. The average Bonchev–Trinajstić information content (AvgIpc) is 2.67. The number of halogens is 1. The van der Waals surface area contributed by atoms with Gasteiger partial charge in [-0.3, -0.25) is 4.79 Å². The van der Waals surface area contributed by atoms with E-state index in [0.29, 0.717) is 41.4 Å². The summed E-state index contributed by atoms with van der Waals surface area (Å²) in [5.74, 6) is 0.762. The highest BCUT2D eigenvalue weighted by Crippen LogP contribution is 2.69. The van der Waals surface area contributed by atoms with Crippen LogP contribution in [0, 0.1) is 28.0 Å². The second kappa shape index (κ2) is 7.21. The van der Waals surface area contributed by atoms with Crippen LogP contribution in [0.25, 0.3) is 0 Å². The first-order valence-corrected chi connectivity index (χ1v) is 11.8. The molecule has 5 aliphatic rings. The molecule has 0 spiro atoms. The van der Waals surface area contributed by atoms with Crippen LogP contribution in [0.15, 0.2) is 24.3 Å². The Labute approximate surface area is 184 Å². The number of hydrogen-bond donors (Lipinski definition) is 2. The van der Waals surface area contributed by atoms with E-state index in [-0.39, 0.29) is 23.3 Å². The topological polar surface area (TPSA) is 61.4 Å². The number of carbonyl (C=O) groups is 2. The predicted molar refractivity (Wildman–Crippen MR) is 118 cm³/mol. The van der Waals surface area contributed by atoms with Crippen molar-refractivity contribution < 1.29 is 14.0 Å². The van der Waals surface area contributed by atoms with Gasteiger partial charge in [0.2, 0.25) is 5.91 Å². The van der Waals surface area contributed by atoms with E-state index in [1.54, 1.807) is 12.1 Å². The maximum absolute atomic E-state index is 13.7. The van der Waals surface area contributed by atoms with Crippen LogP contribution in [0.4, 0.5) is 14.9 Å². The molecule has 5 fully saturated rings. The number of nitrogens with one attached hydrogen (secondary N) is 2. The number of amides is 3. The maximum Gasteiger partial charge on any atom is 0.319 e. The Kier molecular flexibility index (Phi) is 4.83. The normalized spacial score (nSPS) is 37.0. The van der Waals surface area contributed by atoms with Crippen molar-refractivity contribution in [3.05, 3.63) is 30.1 Å². The van der Waals surface area contributed by atoms with Gasteiger partial charge in [0, 0.05) is 24.8 Å². The molecule has 168 valence electrons. The molecule has 1 aromatic rings. The van der Waals surface area contributed by atoms with Crippen molar-refractivity contribution in [3.8, 4) is 0 Å². The first-order valence-electron chi connectivity index (χ1n) is 11.8. The van der Waals surface area contributed by atoms with Crippen molar-refractivity contribution in [2.24, 2.45) is 22.2 Å². The van der Waals surface area contributed by atoms with E-state index in [1.165, 1.54) is 31.4 Å². The number of urea groups is 1. The van der Waals surface area contributed by atoms with Crippen molar-refractivity contribution in [1.29, 1.82) is 0 Å². The number of rotatable bonds is 3. The van der Waals surface area contributed by atoms with E-state index in [4.69, 9.17) is 0 Å². The van der Waals surface area contributed by atoms with E-state index in [0.717, 1.165) is 32.1 Å². The van der Waals surface area contributed by atoms with Gasteiger partial charge in [0.1, 0.15) is 5.82 Å². The van der Waals surface area contributed by atoms with Crippen LogP contribution in [0.3, 0.4) is 0 Å². The Morgan fingerprint density at radius 2 is 1.58 bits per heavy atom. The van der Waals surface area contributed by atoms with E-state index in [9.17, 15) is 14.0 Å². The zero-order valence-corrected chi connectivity index (χ0v) is 18.7. The van der Waals surface area contributed by atoms with Gasteiger partial charge in [0.05, 0.1) is 5.41 Å². The van der Waals surface area contributed by atoms with Crippen molar-refractivity contribution in [3.63, 3.8) is 0 Å². The lowest BCUT2D eigenvalue weighted by Gasteiger charge is -2.65. The van der Waals surface area contributed by atoms with Gasteiger partial charge in [-0.05, 0) is 92.4 Å². The molecule has 4 aliphatic carbocycles. The molecular formula is C25H34FN3O2. The predicted octanol–water partition coefficient (Wildman–Crippen LogP) is 4.93. The van der Waals surface area contributed by atoms with Crippen LogP contribution in [0.5, 0.6) is 0 Å². The molecule has 5 nitrogen and oxygen atoms in total. The summed E-state index contributed by atoms with van der Waals surface area (Å²) in [6, 6.07) is 5.51. The summed E-state index contributed by atoms with van der Waals surface area (Å²) in [6.45, 7) is 6.24. The van der Waals surface area contributed by atoms with Gasteiger partial charge in [0.25, 0.3) is 0 Å². The Morgan fingerprint density at radius 3 is 2.16 bits per heavy atom. The standard InChI is InChI=1S/C25H34FN3O2/c1-23-11-17-12-24(2,14-23)16-25(13-17,15-23)21(30)29-9-7-20(8-10-29)28-22(31)27-19-5-3-18(26)4-6-19/h3-6,17,20H,7-16H2,1-2H3,(H2,27,28,31). The van der Waals surface area contributed by atoms with Crippen molar-refractivity contribution in [1.82, 2.24) is 10.2 Å². The summed E-state index contributed by atoms with van der Waals surface area (Å²) in [6.07, 6.45) is 8.62. The van der Waals surface area contributed by atoms with E-state index in [1.807, 2.05) is 0 Å². The van der Waals surface area contributed by atoms with E-state index < -0.39 is 0 Å². The number of likely N-dealkylation sites (tertiary alicyclic amines) is 1. The molecular weight excluding hydrogens is 393 g/mol. The number of piperidine rings is 1. The molecule has 4 saturated carbocycles. The van der Waals surface area contributed by atoms with Crippen LogP contribution in [-0.2, 0) is 4.79 Å². The molecule has 1 saturated heterocycles. The third-order valence-corrected chi connectivity index (χ3v) is 8.30. The number of benzene rings is 1. The molecule has 1 heterocycles. The van der Waals surface area contributed by atoms with Crippen LogP contribution in [-0.4, -0.2) is 36.0 Å². The second-order valence-corrected chi connectivity index (χ2v) is 11.6. The van der Waals surface area contributed by atoms with E-state index in [2.05, 4.69) is 29.4 Å². The molecule has 0 radical (unpaired) electrons. The highest BCUT2D eigenvalue weighted by atomic mass is 19.1. The summed E-state index contributed by atoms with van der Waals surface area (Å²) in [7, 11) is 0. The molecule has 2 unspecified atom stereocenters. The lowest BCUT2D eigenvalue weighted by Crippen LogP contribution is -2.61. The average molecular weight is 428 g/mol. The monoisotopic (exact) mass is 427 g/mol. The summed E-state index contributed by atoms with van der Waals surface area (Å²) in [4.78, 5) is 28.1. The smallest absolute Gasteiger partial charge is 0.319 e. The summed E-state index contributed by atoms with van der Waals surface area (Å²) in [5.41, 5.74) is 1.09. The third kappa shape index (κ3) is 3.94. The van der Waals surface area contributed by atoms with Crippen molar-refractivity contribution >= 4 is 17.6 Å². The van der Waals surface area contributed by atoms with Gasteiger partial charge in [-0.25, -0.2) is 9.18 Å². The van der Waals surface area contributed by atoms with Crippen LogP contribution in [0.1, 0.15) is 65.2 Å². The summed E-state index contributed by atoms with van der Waals surface area (Å²) >= 11 is 0. The van der Waals surface area contributed by atoms with Crippen molar-refractivity contribution in [2.75, 3.05) is 18.4 Å². The minimum absolute atomic E-state index is 0.0518. The van der Waals surface area contributed by atoms with Crippen LogP contribution < -0.4 is 10.6 Å². The zero-order chi connectivity index (χ0) is 21.9. The minimum atomic E-state index is -0.329. The molecule has 3 amide bonds. The molecule has 2 N–H and O–H groups in total. The Morgan fingerprint density at radius 1 is 0.968 bits per heavy atom. The Balaban J connectivity index is 1.17. The van der Waals surface area contributed by atoms with E-state index >= 15 is 0 Å². The van der Waals surface area contributed by atoms with Crippen LogP contribution in [0.2, 0.25) is 0 Å². The highest BCUT2D eigenvalue weighted by Gasteiger charge is 2.63. The molecule has 1 aromatic carbocycles. The first-order chi connectivity index (χ1) is 14.7. The number of nitrogens with zero attached hydrogens (tertiary/aromatic N) is 1.